The monoisotopic (exact) mass is 527 g/mol. The first-order chi connectivity index (χ1) is 16.9. The Bertz CT molecular complexity index is 1310. The maximum absolute atomic E-state index is 12.9. The van der Waals surface area contributed by atoms with Crippen molar-refractivity contribution in [2.45, 2.75) is 13.5 Å². The van der Waals surface area contributed by atoms with Crippen LogP contribution in [0.4, 0.5) is 4.79 Å². The molecule has 9 heteroatoms. The summed E-state index contributed by atoms with van der Waals surface area (Å²) < 4.78 is 11.2. The summed E-state index contributed by atoms with van der Waals surface area (Å²) in [6.07, 6.45) is 1.56. The van der Waals surface area contributed by atoms with Crippen molar-refractivity contribution in [2.75, 3.05) is 6.61 Å². The number of nitrogens with zero attached hydrogens (tertiary/aromatic N) is 1. The summed E-state index contributed by atoms with van der Waals surface area (Å²) >= 11 is 13.2. The van der Waals surface area contributed by atoms with E-state index in [1.54, 1.807) is 49.4 Å². The fourth-order valence-corrected chi connectivity index (χ4v) is 4.55. The van der Waals surface area contributed by atoms with Gasteiger partial charge in [-0.15, -0.1) is 0 Å². The minimum atomic E-state index is -0.626. The molecule has 3 aromatic rings. The quantitative estimate of drug-likeness (QED) is 0.190. The molecule has 0 aromatic heterocycles. The molecule has 35 heavy (non-hydrogen) atoms. The summed E-state index contributed by atoms with van der Waals surface area (Å²) in [5.74, 6) is -0.727. The highest BCUT2D eigenvalue weighted by Gasteiger charge is 2.35. The summed E-state index contributed by atoms with van der Waals surface area (Å²) in [5, 5.41) is 0.259. The summed E-state index contributed by atoms with van der Waals surface area (Å²) in [6, 6.07) is 18.7. The number of imide groups is 1. The third kappa shape index (κ3) is 5.88. The number of rotatable bonds is 7. The second kappa shape index (κ2) is 11.0. The Balaban J connectivity index is 1.58. The van der Waals surface area contributed by atoms with Gasteiger partial charge in [0, 0.05) is 5.02 Å². The standard InChI is InChI=1S/C26H19Cl2NO5S/c1-2-33-21-13-17(12-20(28)23(21)34-25(31)18-8-10-19(27)11-9-18)14-22-24(30)29(26(32)35-22)15-16-6-4-3-5-7-16/h3-14H,2,15H2,1H3/b22-14-. The lowest BCUT2D eigenvalue weighted by Gasteiger charge is -2.14. The van der Waals surface area contributed by atoms with Gasteiger partial charge in [0.15, 0.2) is 11.5 Å². The van der Waals surface area contributed by atoms with Crippen LogP contribution in [0.25, 0.3) is 6.08 Å². The number of halogens is 2. The zero-order valence-electron chi connectivity index (χ0n) is 18.5. The average molecular weight is 528 g/mol. The Kier molecular flexibility index (Phi) is 7.80. The normalized spacial score (nSPS) is 14.5. The Morgan fingerprint density at radius 2 is 1.74 bits per heavy atom. The fraction of sp³-hybridized carbons (Fsp3) is 0.115. The van der Waals surface area contributed by atoms with Gasteiger partial charge in [-0.3, -0.25) is 14.5 Å². The Hall–Kier alpha value is -3.26. The molecule has 0 spiro atoms. The Morgan fingerprint density at radius 3 is 2.43 bits per heavy atom. The summed E-state index contributed by atoms with van der Waals surface area (Å²) in [5.41, 5.74) is 1.67. The van der Waals surface area contributed by atoms with E-state index in [1.807, 2.05) is 30.3 Å². The fourth-order valence-electron chi connectivity index (χ4n) is 3.32. The zero-order valence-corrected chi connectivity index (χ0v) is 20.8. The third-order valence-electron chi connectivity index (χ3n) is 4.96. The molecule has 1 fully saturated rings. The molecular formula is C26H19Cl2NO5S. The van der Waals surface area contributed by atoms with Gasteiger partial charge in [-0.25, -0.2) is 4.79 Å². The highest BCUT2D eigenvalue weighted by Crippen LogP contribution is 2.40. The van der Waals surface area contributed by atoms with Crippen molar-refractivity contribution in [2.24, 2.45) is 0 Å². The SMILES string of the molecule is CCOc1cc(/C=C2\SC(=O)N(Cc3ccccc3)C2=O)cc(Cl)c1OC(=O)c1ccc(Cl)cc1. The molecule has 1 saturated heterocycles. The smallest absolute Gasteiger partial charge is 0.343 e. The van der Waals surface area contributed by atoms with Gasteiger partial charge in [0.05, 0.1) is 28.6 Å². The van der Waals surface area contributed by atoms with E-state index in [0.29, 0.717) is 22.8 Å². The van der Waals surface area contributed by atoms with E-state index in [9.17, 15) is 14.4 Å². The molecular weight excluding hydrogens is 509 g/mol. The van der Waals surface area contributed by atoms with Crippen molar-refractivity contribution in [3.8, 4) is 11.5 Å². The van der Waals surface area contributed by atoms with Crippen LogP contribution in [-0.4, -0.2) is 28.6 Å². The van der Waals surface area contributed by atoms with E-state index < -0.39 is 11.9 Å². The predicted octanol–water partition coefficient (Wildman–Crippen LogP) is 6.85. The Labute approximate surface area is 216 Å². The molecule has 0 unspecified atom stereocenters. The van der Waals surface area contributed by atoms with Crippen LogP contribution in [0.1, 0.15) is 28.4 Å². The number of hydrogen-bond donors (Lipinski definition) is 0. The van der Waals surface area contributed by atoms with Crippen molar-refractivity contribution in [1.82, 2.24) is 4.90 Å². The minimum Gasteiger partial charge on any atom is -0.490 e. The van der Waals surface area contributed by atoms with E-state index in [2.05, 4.69) is 0 Å². The van der Waals surface area contributed by atoms with E-state index in [-0.39, 0.29) is 33.2 Å². The molecule has 6 nitrogen and oxygen atoms in total. The molecule has 178 valence electrons. The van der Waals surface area contributed by atoms with Crippen LogP contribution in [0.5, 0.6) is 11.5 Å². The highest BCUT2D eigenvalue weighted by atomic mass is 35.5. The lowest BCUT2D eigenvalue weighted by atomic mass is 10.1. The van der Waals surface area contributed by atoms with E-state index in [4.69, 9.17) is 32.7 Å². The van der Waals surface area contributed by atoms with Gasteiger partial charge < -0.3 is 9.47 Å². The number of hydrogen-bond acceptors (Lipinski definition) is 6. The van der Waals surface area contributed by atoms with Crippen molar-refractivity contribution in [1.29, 1.82) is 0 Å². The zero-order chi connectivity index (χ0) is 24.9. The molecule has 0 radical (unpaired) electrons. The minimum absolute atomic E-state index is 0.0581. The molecule has 1 aliphatic heterocycles. The van der Waals surface area contributed by atoms with E-state index in [1.165, 1.54) is 4.90 Å². The number of carbonyl (C=O) groups excluding carboxylic acids is 3. The molecule has 1 aliphatic rings. The number of esters is 1. The third-order valence-corrected chi connectivity index (χ3v) is 6.40. The van der Waals surface area contributed by atoms with E-state index >= 15 is 0 Å². The van der Waals surface area contributed by atoms with Crippen molar-refractivity contribution >= 4 is 58.2 Å². The Morgan fingerprint density at radius 1 is 1.03 bits per heavy atom. The number of ether oxygens (including phenoxy) is 2. The second-order valence-electron chi connectivity index (χ2n) is 7.41. The summed E-state index contributed by atoms with van der Waals surface area (Å²) in [4.78, 5) is 39.4. The largest absolute Gasteiger partial charge is 0.490 e. The van der Waals surface area contributed by atoms with Gasteiger partial charge in [-0.1, -0.05) is 53.5 Å². The van der Waals surface area contributed by atoms with Gasteiger partial charge in [-0.2, -0.15) is 0 Å². The number of benzene rings is 3. The molecule has 4 rings (SSSR count). The number of thioether (sulfide) groups is 1. The predicted molar refractivity (Wildman–Crippen MR) is 137 cm³/mol. The van der Waals surface area contributed by atoms with Crippen LogP contribution >= 0.6 is 35.0 Å². The molecule has 0 bridgehead atoms. The second-order valence-corrected chi connectivity index (χ2v) is 9.25. The van der Waals surface area contributed by atoms with Gasteiger partial charge in [0.2, 0.25) is 0 Å². The van der Waals surface area contributed by atoms with Crippen LogP contribution in [0.2, 0.25) is 10.0 Å². The van der Waals surface area contributed by atoms with Crippen LogP contribution in [0, 0.1) is 0 Å². The molecule has 0 atom stereocenters. The van der Waals surface area contributed by atoms with Crippen LogP contribution in [0.3, 0.4) is 0 Å². The first-order valence-electron chi connectivity index (χ1n) is 10.6. The van der Waals surface area contributed by atoms with Crippen molar-refractivity contribution in [3.05, 3.63) is 98.4 Å². The highest BCUT2D eigenvalue weighted by molar-refractivity contribution is 8.18. The first-order valence-corrected chi connectivity index (χ1v) is 12.2. The molecule has 0 saturated carbocycles. The maximum Gasteiger partial charge on any atom is 0.343 e. The van der Waals surface area contributed by atoms with Crippen LogP contribution in [0.15, 0.2) is 71.6 Å². The molecule has 1 heterocycles. The number of amides is 2. The first kappa shape index (κ1) is 24.9. The van der Waals surface area contributed by atoms with Gasteiger partial charge >= 0.3 is 5.97 Å². The lowest BCUT2D eigenvalue weighted by molar-refractivity contribution is -0.123. The average Bonchev–Trinajstić information content (AvgIpc) is 3.09. The van der Waals surface area contributed by atoms with Crippen LogP contribution in [-0.2, 0) is 11.3 Å². The molecule has 0 N–H and O–H groups in total. The van der Waals surface area contributed by atoms with Gasteiger partial charge in [-0.05, 0) is 72.3 Å². The summed E-state index contributed by atoms with van der Waals surface area (Å²) in [6.45, 7) is 2.26. The van der Waals surface area contributed by atoms with Gasteiger partial charge in [0.25, 0.3) is 11.1 Å². The van der Waals surface area contributed by atoms with E-state index in [0.717, 1.165) is 17.3 Å². The van der Waals surface area contributed by atoms with Crippen molar-refractivity contribution in [3.63, 3.8) is 0 Å². The van der Waals surface area contributed by atoms with Crippen molar-refractivity contribution < 1.29 is 23.9 Å². The molecule has 0 aliphatic carbocycles. The topological polar surface area (TPSA) is 72.9 Å². The summed E-state index contributed by atoms with van der Waals surface area (Å²) in [7, 11) is 0. The van der Waals surface area contributed by atoms with Crippen LogP contribution < -0.4 is 9.47 Å². The molecule has 2 amide bonds. The molecule has 3 aromatic carbocycles. The number of carbonyl (C=O) groups is 3. The maximum atomic E-state index is 12.9. The van der Waals surface area contributed by atoms with Gasteiger partial charge in [0.1, 0.15) is 0 Å². The lowest BCUT2D eigenvalue weighted by Crippen LogP contribution is -2.27.